The van der Waals surface area contributed by atoms with Crippen molar-refractivity contribution in [2.45, 2.75) is 65.0 Å². The third-order valence-corrected chi connectivity index (χ3v) is 8.59. The molecular formula is C32H35FN2O. The highest BCUT2D eigenvalue weighted by Crippen LogP contribution is 2.52. The number of hydrogen-bond donors (Lipinski definition) is 1. The molecule has 3 nitrogen and oxygen atoms in total. The smallest absolute Gasteiger partial charge is 0.259 e. The SMILES string of the molecule is CC1=CC(C)(C)N(C(=O)c2ccc(F)cc2)c2ccc([C@]3(C)c4ccccc4NC(C)(C)[C@H]3C)cc21. The fourth-order valence-corrected chi connectivity index (χ4v) is 6.31. The Labute approximate surface area is 214 Å². The van der Waals surface area contributed by atoms with Crippen molar-refractivity contribution in [1.29, 1.82) is 0 Å². The molecule has 36 heavy (non-hydrogen) atoms. The van der Waals surface area contributed by atoms with Gasteiger partial charge in [-0.25, -0.2) is 4.39 Å². The number of rotatable bonds is 2. The lowest BCUT2D eigenvalue weighted by atomic mass is 9.59. The zero-order chi connectivity index (χ0) is 26.0. The quantitative estimate of drug-likeness (QED) is 0.404. The highest BCUT2D eigenvalue weighted by Gasteiger charge is 2.48. The van der Waals surface area contributed by atoms with Gasteiger partial charge in [0.2, 0.25) is 0 Å². The van der Waals surface area contributed by atoms with Gasteiger partial charge in [-0.2, -0.15) is 0 Å². The van der Waals surface area contributed by atoms with E-state index in [1.165, 1.54) is 28.9 Å². The van der Waals surface area contributed by atoms with Crippen LogP contribution >= 0.6 is 0 Å². The van der Waals surface area contributed by atoms with Gasteiger partial charge in [0.15, 0.2) is 0 Å². The van der Waals surface area contributed by atoms with E-state index < -0.39 is 5.54 Å². The number of carbonyl (C=O) groups is 1. The Bertz CT molecular complexity index is 1390. The van der Waals surface area contributed by atoms with Crippen molar-refractivity contribution in [2.24, 2.45) is 5.92 Å². The molecule has 2 heterocycles. The van der Waals surface area contributed by atoms with Gasteiger partial charge >= 0.3 is 0 Å². The minimum atomic E-state index is -0.523. The summed E-state index contributed by atoms with van der Waals surface area (Å²) in [5, 5.41) is 3.75. The summed E-state index contributed by atoms with van der Waals surface area (Å²) in [7, 11) is 0. The first-order valence-corrected chi connectivity index (χ1v) is 12.7. The van der Waals surface area contributed by atoms with Crippen LogP contribution in [0.1, 0.15) is 75.5 Å². The number of benzene rings is 3. The lowest BCUT2D eigenvalue weighted by molar-refractivity contribution is 0.0970. The first-order valence-electron chi connectivity index (χ1n) is 12.7. The highest BCUT2D eigenvalue weighted by molar-refractivity contribution is 6.09. The normalized spacial score (nSPS) is 23.7. The maximum absolute atomic E-state index is 13.7. The summed E-state index contributed by atoms with van der Waals surface area (Å²) < 4.78 is 13.5. The molecule has 0 saturated heterocycles. The summed E-state index contributed by atoms with van der Waals surface area (Å²) >= 11 is 0. The number of para-hydroxylation sites is 1. The molecule has 1 N–H and O–H groups in total. The number of amides is 1. The molecule has 2 aliphatic heterocycles. The maximum atomic E-state index is 13.7. The molecule has 3 aromatic rings. The second-order valence-electron chi connectivity index (χ2n) is 11.7. The van der Waals surface area contributed by atoms with Crippen LogP contribution in [0.2, 0.25) is 0 Å². The van der Waals surface area contributed by atoms with E-state index in [4.69, 9.17) is 0 Å². The number of anilines is 2. The maximum Gasteiger partial charge on any atom is 0.259 e. The van der Waals surface area contributed by atoms with Crippen molar-refractivity contribution in [3.63, 3.8) is 0 Å². The Morgan fingerprint density at radius 2 is 1.61 bits per heavy atom. The van der Waals surface area contributed by atoms with Crippen molar-refractivity contribution in [3.8, 4) is 0 Å². The second-order valence-corrected chi connectivity index (χ2v) is 11.7. The molecule has 1 amide bonds. The van der Waals surface area contributed by atoms with Crippen LogP contribution in [0, 0.1) is 11.7 Å². The largest absolute Gasteiger partial charge is 0.380 e. The van der Waals surface area contributed by atoms with Crippen LogP contribution in [0.4, 0.5) is 15.8 Å². The fourth-order valence-electron chi connectivity index (χ4n) is 6.31. The average molecular weight is 483 g/mol. The number of carbonyl (C=O) groups excluding carboxylic acids is 1. The van der Waals surface area contributed by atoms with Crippen molar-refractivity contribution >= 4 is 22.9 Å². The Balaban J connectivity index is 1.67. The minimum Gasteiger partial charge on any atom is -0.380 e. The van der Waals surface area contributed by atoms with Gasteiger partial charge in [-0.05, 0) is 99.7 Å². The van der Waals surface area contributed by atoms with Gasteiger partial charge in [-0.15, -0.1) is 0 Å². The van der Waals surface area contributed by atoms with E-state index in [-0.39, 0.29) is 22.7 Å². The van der Waals surface area contributed by atoms with Crippen LogP contribution in [0.3, 0.4) is 0 Å². The van der Waals surface area contributed by atoms with Gasteiger partial charge in [0.05, 0.1) is 11.2 Å². The molecule has 4 heteroatoms. The van der Waals surface area contributed by atoms with Crippen molar-refractivity contribution in [1.82, 2.24) is 0 Å². The molecule has 0 aromatic heterocycles. The van der Waals surface area contributed by atoms with Crippen LogP contribution in [0.5, 0.6) is 0 Å². The molecule has 0 spiro atoms. The number of allylic oxidation sites excluding steroid dienone is 1. The molecule has 0 radical (unpaired) electrons. The second kappa shape index (κ2) is 8.06. The highest BCUT2D eigenvalue weighted by atomic mass is 19.1. The standard InChI is InChI=1S/C32H35FN2O/c1-20-19-30(3,4)35(29(36)22-12-15-24(33)16-13-22)28-17-14-23(18-25(20)28)32(7)21(2)31(5,6)34-27-11-9-8-10-26(27)32/h8-19,21,34H,1-7H3/t21-,32-/m1/s1. The monoisotopic (exact) mass is 482 g/mol. The lowest BCUT2D eigenvalue weighted by Crippen LogP contribution is -2.53. The number of halogens is 1. The summed E-state index contributed by atoms with van der Waals surface area (Å²) in [6.45, 7) is 15.4. The van der Waals surface area contributed by atoms with Gasteiger partial charge in [0.25, 0.3) is 5.91 Å². The van der Waals surface area contributed by atoms with Crippen LogP contribution in [0.25, 0.3) is 5.57 Å². The Morgan fingerprint density at radius 1 is 0.944 bits per heavy atom. The number of fused-ring (bicyclic) bond motifs is 2. The minimum absolute atomic E-state index is 0.101. The summed E-state index contributed by atoms with van der Waals surface area (Å²) in [5.74, 6) is -0.178. The molecule has 186 valence electrons. The predicted octanol–water partition coefficient (Wildman–Crippen LogP) is 7.81. The third kappa shape index (κ3) is 3.57. The topological polar surface area (TPSA) is 32.3 Å². The van der Waals surface area contributed by atoms with Gasteiger partial charge in [0, 0.05) is 27.8 Å². The van der Waals surface area contributed by atoms with E-state index >= 15 is 0 Å². The van der Waals surface area contributed by atoms with E-state index in [2.05, 4.69) is 88.5 Å². The number of hydrogen-bond acceptors (Lipinski definition) is 2. The fraction of sp³-hybridized carbons (Fsp3) is 0.344. The molecule has 0 bridgehead atoms. The molecular weight excluding hydrogens is 447 g/mol. The van der Waals surface area contributed by atoms with Gasteiger partial charge in [0.1, 0.15) is 5.82 Å². The number of nitrogens with zero attached hydrogens (tertiary/aromatic N) is 1. The predicted molar refractivity (Wildman–Crippen MR) is 147 cm³/mol. The summed E-state index contributed by atoms with van der Waals surface area (Å²) in [6.07, 6.45) is 2.16. The van der Waals surface area contributed by atoms with Crippen LogP contribution in [0.15, 0.2) is 72.8 Å². The average Bonchev–Trinajstić information content (AvgIpc) is 2.82. The van der Waals surface area contributed by atoms with Crippen molar-refractivity contribution in [3.05, 3.63) is 101 Å². The Morgan fingerprint density at radius 3 is 2.31 bits per heavy atom. The molecule has 5 rings (SSSR count). The summed E-state index contributed by atoms with van der Waals surface area (Å²) in [6, 6.07) is 20.9. The van der Waals surface area contributed by atoms with E-state index in [1.807, 2.05) is 18.7 Å². The zero-order valence-corrected chi connectivity index (χ0v) is 22.2. The van der Waals surface area contributed by atoms with E-state index in [0.717, 1.165) is 16.8 Å². The summed E-state index contributed by atoms with van der Waals surface area (Å²) in [5.41, 5.74) is 6.41. The molecule has 2 atom stereocenters. The molecule has 0 saturated carbocycles. The van der Waals surface area contributed by atoms with Crippen LogP contribution in [-0.2, 0) is 5.41 Å². The first kappa shape index (κ1) is 24.3. The summed E-state index contributed by atoms with van der Waals surface area (Å²) in [4.78, 5) is 15.6. The molecule has 0 fully saturated rings. The van der Waals surface area contributed by atoms with E-state index in [9.17, 15) is 9.18 Å². The van der Waals surface area contributed by atoms with Gasteiger partial charge in [-0.1, -0.05) is 44.2 Å². The van der Waals surface area contributed by atoms with Gasteiger partial charge in [-0.3, -0.25) is 9.69 Å². The van der Waals surface area contributed by atoms with Crippen molar-refractivity contribution < 1.29 is 9.18 Å². The Hall–Kier alpha value is -3.40. The van der Waals surface area contributed by atoms with Crippen molar-refractivity contribution in [2.75, 3.05) is 10.2 Å². The molecule has 3 aromatic carbocycles. The first-order chi connectivity index (χ1) is 16.9. The van der Waals surface area contributed by atoms with E-state index in [1.54, 1.807) is 12.1 Å². The Kier molecular flexibility index (Phi) is 5.44. The number of nitrogens with one attached hydrogen (secondary N) is 1. The lowest BCUT2D eigenvalue weighted by Gasteiger charge is -2.52. The van der Waals surface area contributed by atoms with Gasteiger partial charge < -0.3 is 5.32 Å². The van der Waals surface area contributed by atoms with E-state index in [0.29, 0.717) is 11.5 Å². The third-order valence-electron chi connectivity index (χ3n) is 8.59. The molecule has 0 aliphatic carbocycles. The zero-order valence-electron chi connectivity index (χ0n) is 22.2. The van der Waals surface area contributed by atoms with Crippen LogP contribution in [-0.4, -0.2) is 17.0 Å². The van der Waals surface area contributed by atoms with Crippen LogP contribution < -0.4 is 10.2 Å². The molecule has 0 unspecified atom stereocenters. The molecule has 2 aliphatic rings.